The van der Waals surface area contributed by atoms with Gasteiger partial charge in [-0.15, -0.1) is 22.6 Å². The van der Waals surface area contributed by atoms with Crippen LogP contribution < -0.4 is 10.9 Å². The van der Waals surface area contributed by atoms with Crippen LogP contribution in [0.4, 0.5) is 0 Å². The van der Waals surface area contributed by atoms with Crippen LogP contribution in [-0.4, -0.2) is 32.4 Å². The van der Waals surface area contributed by atoms with Gasteiger partial charge >= 0.3 is 0 Å². The molecule has 2 aliphatic rings. The summed E-state index contributed by atoms with van der Waals surface area (Å²) in [6, 6.07) is 12.1. The minimum absolute atomic E-state index is 0. The molecule has 0 amide bonds. The maximum absolute atomic E-state index is 12.7. The molecular weight excluding hydrogens is 350 g/mol. The lowest BCUT2D eigenvalue weighted by Gasteiger charge is -2.37. The summed E-state index contributed by atoms with van der Waals surface area (Å²) in [4.78, 5) is 12.7. The number of hydrogen-bond donors (Lipinski definition) is 1. The lowest BCUT2D eigenvalue weighted by Crippen LogP contribution is -2.44. The first-order valence-corrected chi connectivity index (χ1v) is 8.69. The van der Waals surface area contributed by atoms with E-state index >= 15 is 0 Å². The van der Waals surface area contributed by atoms with E-state index in [1.807, 2.05) is 27.3 Å². The Kier molecular flexibility index (Phi) is 4.38. The van der Waals surface area contributed by atoms with E-state index < -0.39 is 0 Å². The molecule has 3 aromatic rings. The van der Waals surface area contributed by atoms with Gasteiger partial charge in [0.15, 0.2) is 0 Å². The Bertz CT molecular complexity index is 982. The largest absolute Gasteiger partial charge is 0.316 e. The first-order chi connectivity index (χ1) is 12.3. The van der Waals surface area contributed by atoms with E-state index in [0.29, 0.717) is 11.8 Å². The SMILES string of the molecule is Cl.O=c1cc(-c2cccc(-n3cnnc3)c2)cc2n1C[C@@H]1CNC[C@H]2C1. The van der Waals surface area contributed by atoms with Crippen LogP contribution in [-0.2, 0) is 6.54 Å². The molecule has 1 N–H and O–H groups in total. The molecule has 6 nitrogen and oxygen atoms in total. The highest BCUT2D eigenvalue weighted by Crippen LogP contribution is 2.33. The number of hydrogen-bond acceptors (Lipinski definition) is 4. The summed E-state index contributed by atoms with van der Waals surface area (Å²) in [5.41, 5.74) is 4.28. The Morgan fingerprint density at radius 1 is 1.04 bits per heavy atom. The van der Waals surface area contributed by atoms with E-state index in [-0.39, 0.29) is 18.0 Å². The van der Waals surface area contributed by atoms with Crippen LogP contribution in [0, 0.1) is 5.92 Å². The van der Waals surface area contributed by atoms with Gasteiger partial charge in [-0.25, -0.2) is 0 Å². The molecule has 1 fully saturated rings. The number of pyridine rings is 1. The Labute approximate surface area is 157 Å². The molecule has 0 unspecified atom stereocenters. The monoisotopic (exact) mass is 369 g/mol. The number of nitrogens with one attached hydrogen (secondary N) is 1. The van der Waals surface area contributed by atoms with Gasteiger partial charge in [0.1, 0.15) is 12.7 Å². The van der Waals surface area contributed by atoms with Crippen molar-refractivity contribution in [1.82, 2.24) is 24.6 Å². The van der Waals surface area contributed by atoms with Gasteiger partial charge in [-0.1, -0.05) is 12.1 Å². The topological polar surface area (TPSA) is 64.7 Å². The van der Waals surface area contributed by atoms with Crippen molar-refractivity contribution in [1.29, 1.82) is 0 Å². The van der Waals surface area contributed by atoms with Crippen LogP contribution in [0.25, 0.3) is 16.8 Å². The van der Waals surface area contributed by atoms with Gasteiger partial charge in [-0.05, 0) is 48.2 Å². The average molecular weight is 370 g/mol. The van der Waals surface area contributed by atoms with Gasteiger partial charge in [0, 0.05) is 36.5 Å². The Hall–Kier alpha value is -2.44. The Morgan fingerprint density at radius 2 is 1.88 bits per heavy atom. The van der Waals surface area contributed by atoms with Crippen LogP contribution >= 0.6 is 12.4 Å². The molecule has 0 radical (unpaired) electrons. The lowest BCUT2D eigenvalue weighted by molar-refractivity contribution is 0.257. The molecule has 1 aromatic carbocycles. The number of aromatic nitrogens is 4. The highest BCUT2D eigenvalue weighted by atomic mass is 35.5. The van der Waals surface area contributed by atoms with Crippen molar-refractivity contribution in [2.45, 2.75) is 18.9 Å². The van der Waals surface area contributed by atoms with Gasteiger partial charge in [-0.2, -0.15) is 0 Å². The second-order valence-electron chi connectivity index (χ2n) is 6.99. The van der Waals surface area contributed by atoms with E-state index in [4.69, 9.17) is 0 Å². The van der Waals surface area contributed by atoms with Crippen LogP contribution in [0.15, 0.2) is 53.8 Å². The minimum atomic E-state index is 0. The predicted molar refractivity (Wildman–Crippen MR) is 102 cm³/mol. The van der Waals surface area contributed by atoms with Crippen molar-refractivity contribution in [2.75, 3.05) is 13.1 Å². The van der Waals surface area contributed by atoms with Gasteiger partial charge in [0.05, 0.1) is 0 Å². The number of halogens is 1. The molecule has 2 bridgehead atoms. The minimum Gasteiger partial charge on any atom is -0.316 e. The fraction of sp³-hybridized carbons (Fsp3) is 0.316. The van der Waals surface area contributed by atoms with Crippen molar-refractivity contribution < 1.29 is 0 Å². The zero-order chi connectivity index (χ0) is 16.8. The molecule has 2 atom stereocenters. The normalized spacial score (nSPS) is 20.9. The molecule has 2 aliphatic heterocycles. The fourth-order valence-corrected chi connectivity index (χ4v) is 4.15. The summed E-state index contributed by atoms with van der Waals surface area (Å²) in [5.74, 6) is 1.01. The van der Waals surface area contributed by atoms with Crippen molar-refractivity contribution in [3.05, 3.63) is 65.1 Å². The molecule has 26 heavy (non-hydrogen) atoms. The molecular formula is C19H20ClN5O. The van der Waals surface area contributed by atoms with Crippen molar-refractivity contribution >= 4 is 12.4 Å². The molecule has 4 heterocycles. The van der Waals surface area contributed by atoms with Crippen LogP contribution in [0.1, 0.15) is 18.0 Å². The molecule has 7 heteroatoms. The van der Waals surface area contributed by atoms with Crippen LogP contribution in [0.3, 0.4) is 0 Å². The van der Waals surface area contributed by atoms with Gasteiger partial charge in [-0.3, -0.25) is 9.36 Å². The lowest BCUT2D eigenvalue weighted by atomic mass is 9.83. The number of benzene rings is 1. The highest BCUT2D eigenvalue weighted by molar-refractivity contribution is 5.85. The molecule has 5 rings (SSSR count). The zero-order valence-electron chi connectivity index (χ0n) is 14.2. The summed E-state index contributed by atoms with van der Waals surface area (Å²) < 4.78 is 3.84. The maximum atomic E-state index is 12.7. The fourth-order valence-electron chi connectivity index (χ4n) is 4.15. The van der Waals surface area contributed by atoms with Crippen molar-refractivity contribution in [3.8, 4) is 16.8 Å². The summed E-state index contributed by atoms with van der Waals surface area (Å²) in [6.07, 6.45) is 4.53. The third-order valence-electron chi connectivity index (χ3n) is 5.36. The van der Waals surface area contributed by atoms with Crippen LogP contribution in [0.5, 0.6) is 0 Å². The molecule has 0 saturated carbocycles. The first kappa shape index (κ1) is 17.0. The molecule has 0 aliphatic carbocycles. The summed E-state index contributed by atoms with van der Waals surface area (Å²) in [7, 11) is 0. The summed E-state index contributed by atoms with van der Waals surface area (Å²) >= 11 is 0. The standard InChI is InChI=1S/C19H19N5O.ClH/c25-19-7-15(6-18-16-4-13(8-20-9-16)10-24(18)19)14-2-1-3-17(5-14)23-11-21-22-12-23;/h1-3,5-7,11-13,16,20H,4,8-10H2;1H/t13-,16+;/m0./s1. The molecule has 134 valence electrons. The smallest absolute Gasteiger partial charge is 0.251 e. The predicted octanol–water partition coefficient (Wildman–Crippen LogP) is 2.22. The number of nitrogens with zero attached hydrogens (tertiary/aromatic N) is 4. The van der Waals surface area contributed by atoms with E-state index in [1.165, 1.54) is 12.1 Å². The average Bonchev–Trinajstić information content (AvgIpc) is 3.18. The first-order valence-electron chi connectivity index (χ1n) is 8.69. The van der Waals surface area contributed by atoms with E-state index in [1.54, 1.807) is 18.7 Å². The molecule has 1 saturated heterocycles. The van der Waals surface area contributed by atoms with Crippen LogP contribution in [0.2, 0.25) is 0 Å². The summed E-state index contributed by atoms with van der Waals surface area (Å²) in [5, 5.41) is 11.2. The number of fused-ring (bicyclic) bond motifs is 4. The molecule has 2 aromatic heterocycles. The Balaban J connectivity index is 0.00000168. The third kappa shape index (κ3) is 2.85. The maximum Gasteiger partial charge on any atom is 0.251 e. The Morgan fingerprint density at radius 3 is 2.73 bits per heavy atom. The number of piperidine rings is 1. The second kappa shape index (κ2) is 6.70. The van der Waals surface area contributed by atoms with Gasteiger partial charge < -0.3 is 9.88 Å². The molecule has 0 spiro atoms. The number of rotatable bonds is 2. The van der Waals surface area contributed by atoms with E-state index in [2.05, 4.69) is 27.6 Å². The van der Waals surface area contributed by atoms with E-state index in [9.17, 15) is 4.79 Å². The highest BCUT2D eigenvalue weighted by Gasteiger charge is 2.31. The van der Waals surface area contributed by atoms with Gasteiger partial charge in [0.2, 0.25) is 0 Å². The quantitative estimate of drug-likeness (QED) is 0.752. The van der Waals surface area contributed by atoms with Crippen molar-refractivity contribution in [3.63, 3.8) is 0 Å². The van der Waals surface area contributed by atoms with Crippen molar-refractivity contribution in [2.24, 2.45) is 5.92 Å². The van der Waals surface area contributed by atoms with Gasteiger partial charge in [0.25, 0.3) is 5.56 Å². The zero-order valence-corrected chi connectivity index (χ0v) is 15.0. The summed E-state index contributed by atoms with van der Waals surface area (Å²) in [6.45, 7) is 2.81. The third-order valence-corrected chi connectivity index (χ3v) is 5.36. The van der Waals surface area contributed by atoms with E-state index in [0.717, 1.165) is 36.4 Å². The second-order valence-corrected chi connectivity index (χ2v) is 6.99.